The van der Waals surface area contributed by atoms with Crippen LogP contribution in [0.15, 0.2) is 53.1 Å². The van der Waals surface area contributed by atoms with Crippen LogP contribution in [0.2, 0.25) is 5.02 Å². The molecule has 1 aromatic heterocycles. The molecule has 1 heterocycles. The standard InChI is InChI=1S/C16H13ClN2O/c1-10-7-8-12(13(17)9-10)15-14(16(18)20-19-15)11-5-3-2-4-6-11/h2-9H,18H2,1H3. The van der Waals surface area contributed by atoms with Crippen molar-refractivity contribution in [2.75, 3.05) is 5.73 Å². The van der Waals surface area contributed by atoms with E-state index in [1.807, 2.05) is 55.5 Å². The van der Waals surface area contributed by atoms with Gasteiger partial charge in [-0.05, 0) is 24.1 Å². The van der Waals surface area contributed by atoms with E-state index in [4.69, 9.17) is 21.9 Å². The highest BCUT2D eigenvalue weighted by atomic mass is 35.5. The summed E-state index contributed by atoms with van der Waals surface area (Å²) < 4.78 is 5.16. The number of nitrogens with zero attached hydrogens (tertiary/aromatic N) is 1. The number of nitrogens with two attached hydrogens (primary N) is 1. The van der Waals surface area contributed by atoms with E-state index in [9.17, 15) is 0 Å². The van der Waals surface area contributed by atoms with Gasteiger partial charge in [0.1, 0.15) is 5.69 Å². The Morgan fingerprint density at radius 1 is 1.10 bits per heavy atom. The van der Waals surface area contributed by atoms with Crippen LogP contribution in [0.4, 0.5) is 5.88 Å². The fourth-order valence-corrected chi connectivity index (χ4v) is 2.51. The number of aryl methyl sites for hydroxylation is 1. The van der Waals surface area contributed by atoms with Crippen LogP contribution in [-0.2, 0) is 0 Å². The third-order valence-corrected chi connectivity index (χ3v) is 3.47. The SMILES string of the molecule is Cc1ccc(-c2noc(N)c2-c2ccccc2)c(Cl)c1. The molecule has 3 aromatic rings. The second kappa shape index (κ2) is 5.02. The second-order valence-electron chi connectivity index (χ2n) is 4.62. The smallest absolute Gasteiger partial charge is 0.230 e. The van der Waals surface area contributed by atoms with Gasteiger partial charge in [-0.15, -0.1) is 0 Å². The summed E-state index contributed by atoms with van der Waals surface area (Å²) in [7, 11) is 0. The van der Waals surface area contributed by atoms with Gasteiger partial charge in [0.25, 0.3) is 0 Å². The quantitative estimate of drug-likeness (QED) is 0.751. The van der Waals surface area contributed by atoms with Crippen LogP contribution in [0, 0.1) is 6.92 Å². The number of anilines is 1. The zero-order valence-corrected chi connectivity index (χ0v) is 11.7. The number of hydrogen-bond donors (Lipinski definition) is 1. The zero-order chi connectivity index (χ0) is 14.1. The summed E-state index contributed by atoms with van der Waals surface area (Å²) in [5.74, 6) is 0.294. The maximum Gasteiger partial charge on any atom is 0.230 e. The summed E-state index contributed by atoms with van der Waals surface area (Å²) in [6.45, 7) is 1.99. The minimum absolute atomic E-state index is 0.294. The highest BCUT2D eigenvalue weighted by molar-refractivity contribution is 6.33. The van der Waals surface area contributed by atoms with Gasteiger partial charge < -0.3 is 10.3 Å². The molecule has 4 heteroatoms. The van der Waals surface area contributed by atoms with Crippen molar-refractivity contribution in [3.63, 3.8) is 0 Å². The monoisotopic (exact) mass is 284 g/mol. The van der Waals surface area contributed by atoms with E-state index >= 15 is 0 Å². The molecule has 0 atom stereocenters. The molecular formula is C16H13ClN2O. The van der Waals surface area contributed by atoms with Crippen LogP contribution < -0.4 is 5.73 Å². The largest absolute Gasteiger partial charge is 0.367 e. The predicted molar refractivity (Wildman–Crippen MR) is 81.5 cm³/mol. The molecule has 0 aliphatic carbocycles. The molecule has 3 rings (SSSR count). The molecule has 0 unspecified atom stereocenters. The zero-order valence-electron chi connectivity index (χ0n) is 10.9. The Morgan fingerprint density at radius 3 is 2.55 bits per heavy atom. The summed E-state index contributed by atoms with van der Waals surface area (Å²) in [6, 6.07) is 15.6. The first-order valence-electron chi connectivity index (χ1n) is 6.24. The average Bonchev–Trinajstić information content (AvgIpc) is 2.81. The van der Waals surface area contributed by atoms with Crippen molar-refractivity contribution in [3.05, 3.63) is 59.1 Å². The lowest BCUT2D eigenvalue weighted by atomic mass is 10.0. The molecule has 0 aliphatic heterocycles. The molecular weight excluding hydrogens is 272 g/mol. The Bertz CT molecular complexity index is 750. The Kier molecular flexibility index (Phi) is 3.20. The van der Waals surface area contributed by atoms with E-state index in [1.54, 1.807) is 0 Å². The fourth-order valence-electron chi connectivity index (χ4n) is 2.18. The molecule has 0 fully saturated rings. The van der Waals surface area contributed by atoms with Gasteiger partial charge in [-0.3, -0.25) is 0 Å². The van der Waals surface area contributed by atoms with Crippen molar-refractivity contribution in [3.8, 4) is 22.4 Å². The second-order valence-corrected chi connectivity index (χ2v) is 5.03. The van der Waals surface area contributed by atoms with Crippen LogP contribution in [0.25, 0.3) is 22.4 Å². The van der Waals surface area contributed by atoms with Crippen molar-refractivity contribution < 1.29 is 4.52 Å². The maximum atomic E-state index is 6.31. The van der Waals surface area contributed by atoms with Gasteiger partial charge >= 0.3 is 0 Å². The Hall–Kier alpha value is -2.26. The molecule has 20 heavy (non-hydrogen) atoms. The summed E-state index contributed by atoms with van der Waals surface area (Å²) in [4.78, 5) is 0. The van der Waals surface area contributed by atoms with Crippen LogP contribution >= 0.6 is 11.6 Å². The summed E-state index contributed by atoms with van der Waals surface area (Å²) >= 11 is 6.31. The lowest BCUT2D eigenvalue weighted by molar-refractivity contribution is 0.439. The van der Waals surface area contributed by atoms with E-state index < -0.39 is 0 Å². The van der Waals surface area contributed by atoms with Gasteiger partial charge in [0.15, 0.2) is 0 Å². The fraction of sp³-hybridized carbons (Fsp3) is 0.0625. The van der Waals surface area contributed by atoms with Crippen LogP contribution in [0.3, 0.4) is 0 Å². The number of aromatic nitrogens is 1. The van der Waals surface area contributed by atoms with E-state index in [1.165, 1.54) is 0 Å². The minimum atomic E-state index is 0.294. The lowest BCUT2D eigenvalue weighted by Gasteiger charge is -2.05. The average molecular weight is 285 g/mol. The van der Waals surface area contributed by atoms with E-state index in [0.29, 0.717) is 16.6 Å². The third-order valence-electron chi connectivity index (χ3n) is 3.16. The molecule has 2 N–H and O–H groups in total. The van der Waals surface area contributed by atoms with E-state index in [2.05, 4.69) is 5.16 Å². The van der Waals surface area contributed by atoms with Crippen LogP contribution in [-0.4, -0.2) is 5.16 Å². The summed E-state index contributed by atoms with van der Waals surface area (Å²) in [6.07, 6.45) is 0. The van der Waals surface area contributed by atoms with Crippen molar-refractivity contribution in [1.82, 2.24) is 5.16 Å². The number of benzene rings is 2. The Balaban J connectivity index is 2.21. The van der Waals surface area contributed by atoms with E-state index in [0.717, 1.165) is 22.3 Å². The highest BCUT2D eigenvalue weighted by Crippen LogP contribution is 2.38. The van der Waals surface area contributed by atoms with Gasteiger partial charge in [-0.25, -0.2) is 0 Å². The summed E-state index contributed by atoms with van der Waals surface area (Å²) in [5.41, 5.74) is 10.2. The lowest BCUT2D eigenvalue weighted by Crippen LogP contribution is -1.88. The molecule has 2 aromatic carbocycles. The molecule has 0 amide bonds. The Labute approximate surface area is 122 Å². The van der Waals surface area contributed by atoms with Crippen LogP contribution in [0.5, 0.6) is 0 Å². The number of rotatable bonds is 2. The first-order chi connectivity index (χ1) is 9.66. The Morgan fingerprint density at radius 2 is 1.85 bits per heavy atom. The van der Waals surface area contributed by atoms with Gasteiger partial charge in [0.05, 0.1) is 10.6 Å². The normalized spacial score (nSPS) is 10.7. The van der Waals surface area contributed by atoms with Crippen LogP contribution in [0.1, 0.15) is 5.56 Å². The summed E-state index contributed by atoms with van der Waals surface area (Å²) in [5, 5.41) is 4.70. The van der Waals surface area contributed by atoms with Gasteiger partial charge in [-0.2, -0.15) is 0 Å². The molecule has 0 saturated carbocycles. The third kappa shape index (κ3) is 2.17. The first-order valence-corrected chi connectivity index (χ1v) is 6.61. The van der Waals surface area contributed by atoms with Crippen molar-refractivity contribution >= 4 is 17.5 Å². The highest BCUT2D eigenvalue weighted by Gasteiger charge is 2.19. The van der Waals surface area contributed by atoms with Crippen molar-refractivity contribution in [2.24, 2.45) is 0 Å². The number of hydrogen-bond acceptors (Lipinski definition) is 3. The predicted octanol–water partition coefficient (Wildman–Crippen LogP) is 4.55. The number of halogens is 1. The molecule has 0 aliphatic rings. The van der Waals surface area contributed by atoms with Gasteiger partial charge in [0.2, 0.25) is 5.88 Å². The molecule has 0 bridgehead atoms. The number of nitrogen functional groups attached to an aromatic ring is 1. The molecule has 100 valence electrons. The topological polar surface area (TPSA) is 52.0 Å². The van der Waals surface area contributed by atoms with Crippen molar-refractivity contribution in [2.45, 2.75) is 6.92 Å². The van der Waals surface area contributed by atoms with Crippen molar-refractivity contribution in [1.29, 1.82) is 0 Å². The van der Waals surface area contributed by atoms with E-state index in [-0.39, 0.29) is 0 Å². The first kappa shape index (κ1) is 12.8. The molecule has 0 saturated heterocycles. The maximum absolute atomic E-state index is 6.31. The molecule has 0 spiro atoms. The van der Waals surface area contributed by atoms with Gasteiger partial charge in [-0.1, -0.05) is 59.2 Å². The molecule has 3 nitrogen and oxygen atoms in total. The molecule has 0 radical (unpaired) electrons. The van der Waals surface area contributed by atoms with Gasteiger partial charge in [0, 0.05) is 5.56 Å². The minimum Gasteiger partial charge on any atom is -0.367 e.